The molecule has 0 saturated heterocycles. The lowest BCUT2D eigenvalue weighted by Gasteiger charge is -2.17. The average molecular weight is 346 g/mol. The highest BCUT2D eigenvalue weighted by molar-refractivity contribution is 5.29. The topological polar surface area (TPSA) is 96.1 Å². The van der Waals surface area contributed by atoms with Gasteiger partial charge in [0.25, 0.3) is 0 Å². The predicted octanol–water partition coefficient (Wildman–Crippen LogP) is -1.14. The molecular weight excluding hydrogens is 330 g/mol. The summed E-state index contributed by atoms with van der Waals surface area (Å²) in [6, 6.07) is 27.6. The molecule has 5 nitrogen and oxygen atoms in total. The van der Waals surface area contributed by atoms with E-state index in [0.29, 0.717) is 0 Å². The van der Waals surface area contributed by atoms with Gasteiger partial charge in [0, 0.05) is 23.3 Å². The van der Waals surface area contributed by atoms with Crippen molar-refractivity contribution in [3.63, 3.8) is 0 Å². The quantitative estimate of drug-likeness (QED) is 0.560. The summed E-state index contributed by atoms with van der Waals surface area (Å²) in [5.41, 5.74) is 2.59. The monoisotopic (exact) mass is 345 g/mol. The number of halogens is 1. The molecule has 0 radical (unpaired) electrons. The molecule has 0 N–H and O–H groups in total. The minimum atomic E-state index is -4.94. The Kier molecular flexibility index (Phi) is 6.43. The van der Waals surface area contributed by atoms with Gasteiger partial charge in [-0.1, -0.05) is 66.7 Å². The normalized spacial score (nSPS) is 10.9. The molecule has 6 heteroatoms. The largest absolute Gasteiger partial charge is 0.222 e. The molecule has 24 heavy (non-hydrogen) atoms. The van der Waals surface area contributed by atoms with Crippen molar-refractivity contribution in [1.82, 2.24) is 0 Å². The summed E-state index contributed by atoms with van der Waals surface area (Å²) in [4.78, 5) is 0. The van der Waals surface area contributed by atoms with Gasteiger partial charge in [-0.3, -0.25) is 0 Å². The molecule has 1 aromatic heterocycles. The van der Waals surface area contributed by atoms with Crippen LogP contribution in [0.3, 0.4) is 0 Å². The number of hydrogen-bond donors (Lipinski definition) is 0. The minimum Gasteiger partial charge on any atom is -0.222 e. The third-order valence-electron chi connectivity index (χ3n) is 3.27. The molecule has 0 amide bonds. The zero-order valence-corrected chi connectivity index (χ0v) is 13.5. The highest BCUT2D eigenvalue weighted by Crippen LogP contribution is 2.20. The smallest absolute Gasteiger partial charge is 0.208 e. The Hall–Kier alpha value is -2.28. The van der Waals surface area contributed by atoms with Crippen molar-refractivity contribution in [3.05, 3.63) is 102 Å². The molecule has 0 bridgehead atoms. The van der Waals surface area contributed by atoms with Crippen LogP contribution in [0.25, 0.3) is 0 Å². The van der Waals surface area contributed by atoms with E-state index in [9.17, 15) is 0 Å². The van der Waals surface area contributed by atoms with Crippen LogP contribution >= 0.6 is 0 Å². The molecule has 124 valence electrons. The maximum atomic E-state index is 8.49. The summed E-state index contributed by atoms with van der Waals surface area (Å²) in [5.74, 6) is 0. The first-order valence-electron chi connectivity index (χ1n) is 7.12. The molecule has 2 aromatic carbocycles. The van der Waals surface area contributed by atoms with E-state index in [1.807, 2.05) is 6.07 Å². The van der Waals surface area contributed by atoms with Gasteiger partial charge in [0.1, 0.15) is 0 Å². The second-order valence-electron chi connectivity index (χ2n) is 4.92. The molecule has 0 fully saturated rings. The third-order valence-corrected chi connectivity index (χ3v) is 3.27. The highest BCUT2D eigenvalue weighted by atomic mass is 35.7. The van der Waals surface area contributed by atoms with Crippen LogP contribution in [0.1, 0.15) is 17.2 Å². The lowest BCUT2D eigenvalue weighted by atomic mass is 9.98. The fourth-order valence-corrected chi connectivity index (χ4v) is 2.39. The van der Waals surface area contributed by atoms with E-state index in [1.54, 1.807) is 0 Å². The number of pyridine rings is 1. The fraction of sp³-hybridized carbons (Fsp3) is 0.0556. The molecule has 0 unspecified atom stereocenters. The maximum Gasteiger partial charge on any atom is 0.208 e. The number of benzene rings is 2. The molecule has 0 aliphatic carbocycles. The zero-order chi connectivity index (χ0) is 17.4. The summed E-state index contributed by atoms with van der Waals surface area (Å²) in [7, 11) is -4.94. The van der Waals surface area contributed by atoms with Crippen LogP contribution in [0.4, 0.5) is 0 Å². The molecular formula is C18H16ClNO4. The summed E-state index contributed by atoms with van der Waals surface area (Å²) in [5, 5.41) is 0. The summed E-state index contributed by atoms with van der Waals surface area (Å²) < 4.78 is 36.2. The molecule has 0 atom stereocenters. The van der Waals surface area contributed by atoms with Gasteiger partial charge in [-0.2, -0.15) is 4.57 Å². The second kappa shape index (κ2) is 8.54. The number of aromatic nitrogens is 1. The van der Waals surface area contributed by atoms with Crippen LogP contribution < -0.4 is 23.2 Å². The van der Waals surface area contributed by atoms with Crippen molar-refractivity contribution < 1.29 is 33.4 Å². The minimum absolute atomic E-state index is 0.226. The van der Waals surface area contributed by atoms with Crippen LogP contribution in [0.2, 0.25) is 0 Å². The molecule has 0 saturated carbocycles. The first-order chi connectivity index (χ1) is 11.4. The van der Waals surface area contributed by atoms with Gasteiger partial charge < -0.3 is 0 Å². The molecule has 0 aliphatic heterocycles. The Balaban J connectivity index is 0.000000368. The zero-order valence-electron chi connectivity index (χ0n) is 12.7. The van der Waals surface area contributed by atoms with Crippen LogP contribution in [-0.2, 0) is 0 Å². The van der Waals surface area contributed by atoms with Crippen molar-refractivity contribution in [3.8, 4) is 0 Å². The van der Waals surface area contributed by atoms with Crippen LogP contribution in [0.15, 0.2) is 91.3 Å². The molecule has 1 heterocycles. The summed E-state index contributed by atoms with van der Waals surface area (Å²) in [6.45, 7) is 0. The molecule has 3 rings (SSSR count). The van der Waals surface area contributed by atoms with E-state index < -0.39 is 10.2 Å². The average Bonchev–Trinajstić information content (AvgIpc) is 2.57. The SMILES string of the molecule is [O-][Cl+3]([O-])([O-])[O-].c1ccc(C(c2ccccc2)[n+]2ccccc2)cc1. The van der Waals surface area contributed by atoms with Gasteiger partial charge >= 0.3 is 0 Å². The third kappa shape index (κ3) is 6.08. The Morgan fingerprint density at radius 3 is 1.29 bits per heavy atom. The van der Waals surface area contributed by atoms with Crippen molar-refractivity contribution >= 4 is 0 Å². The first kappa shape index (κ1) is 18.1. The van der Waals surface area contributed by atoms with Gasteiger partial charge in [-0.25, -0.2) is 18.6 Å². The Labute approximate surface area is 142 Å². The molecule has 3 aromatic rings. The Morgan fingerprint density at radius 1 is 0.583 bits per heavy atom. The van der Waals surface area contributed by atoms with E-state index in [2.05, 4.69) is 89.8 Å². The standard InChI is InChI=1S/C18H16N.ClHO4/c1-4-10-16(11-5-1)18(17-12-6-2-7-13-17)19-14-8-3-9-15-19;2-1(3,4)5/h1-15,18H;(H,2,3,4,5)/q+1;/p-1. The molecule has 0 aliphatic rings. The van der Waals surface area contributed by atoms with E-state index in [4.69, 9.17) is 18.6 Å². The van der Waals surface area contributed by atoms with Gasteiger partial charge in [-0.05, 0) is 0 Å². The predicted molar refractivity (Wildman–Crippen MR) is 76.8 cm³/mol. The Bertz CT molecular complexity index is 618. The van der Waals surface area contributed by atoms with Crippen molar-refractivity contribution in [1.29, 1.82) is 0 Å². The summed E-state index contributed by atoms with van der Waals surface area (Å²) in [6.07, 6.45) is 4.23. The van der Waals surface area contributed by atoms with E-state index in [0.717, 1.165) is 0 Å². The van der Waals surface area contributed by atoms with Gasteiger partial charge in [0.2, 0.25) is 6.04 Å². The number of hydrogen-bond acceptors (Lipinski definition) is 4. The van der Waals surface area contributed by atoms with Crippen molar-refractivity contribution in [2.24, 2.45) is 0 Å². The van der Waals surface area contributed by atoms with Gasteiger partial charge in [0.05, 0.1) is 0 Å². The van der Waals surface area contributed by atoms with E-state index >= 15 is 0 Å². The van der Waals surface area contributed by atoms with Gasteiger partial charge in [-0.15, -0.1) is 10.2 Å². The van der Waals surface area contributed by atoms with Crippen LogP contribution in [0.5, 0.6) is 0 Å². The highest BCUT2D eigenvalue weighted by Gasteiger charge is 2.22. The molecule has 0 spiro atoms. The van der Waals surface area contributed by atoms with E-state index in [-0.39, 0.29) is 6.04 Å². The Morgan fingerprint density at radius 2 is 0.917 bits per heavy atom. The van der Waals surface area contributed by atoms with Crippen LogP contribution in [0, 0.1) is 10.2 Å². The van der Waals surface area contributed by atoms with Gasteiger partial charge in [0.15, 0.2) is 12.4 Å². The lowest BCUT2D eigenvalue weighted by molar-refractivity contribution is -2.00. The van der Waals surface area contributed by atoms with E-state index in [1.165, 1.54) is 11.1 Å². The first-order valence-corrected chi connectivity index (χ1v) is 8.36. The second-order valence-corrected chi connectivity index (χ2v) is 5.68. The maximum absolute atomic E-state index is 8.49. The number of nitrogens with zero attached hydrogens (tertiary/aromatic N) is 1. The lowest BCUT2D eigenvalue weighted by Crippen LogP contribution is -2.68. The van der Waals surface area contributed by atoms with Crippen molar-refractivity contribution in [2.45, 2.75) is 6.04 Å². The van der Waals surface area contributed by atoms with Crippen molar-refractivity contribution in [2.75, 3.05) is 0 Å². The summed E-state index contributed by atoms with van der Waals surface area (Å²) >= 11 is 0. The number of rotatable bonds is 3. The fourth-order valence-electron chi connectivity index (χ4n) is 2.39. The van der Waals surface area contributed by atoms with Crippen LogP contribution in [-0.4, -0.2) is 0 Å².